The van der Waals surface area contributed by atoms with Gasteiger partial charge in [0, 0.05) is 12.0 Å². The molecule has 2 rings (SSSR count). The largest absolute Gasteiger partial charge is 0.496 e. The van der Waals surface area contributed by atoms with Crippen LogP contribution in [0.5, 0.6) is 5.75 Å². The van der Waals surface area contributed by atoms with Crippen LogP contribution in [-0.2, 0) is 6.42 Å². The number of rotatable bonds is 4. The van der Waals surface area contributed by atoms with Crippen LogP contribution >= 0.6 is 11.6 Å². The van der Waals surface area contributed by atoms with Crippen LogP contribution in [0.1, 0.15) is 22.8 Å². The van der Waals surface area contributed by atoms with E-state index in [0.717, 1.165) is 5.56 Å². The summed E-state index contributed by atoms with van der Waals surface area (Å²) in [4.78, 5) is 0. The number of hydrogen-bond acceptors (Lipinski definition) is 2. The van der Waals surface area contributed by atoms with Crippen molar-refractivity contribution in [3.8, 4) is 5.75 Å². The number of aryl methyl sites for hydroxylation is 1. The van der Waals surface area contributed by atoms with E-state index in [2.05, 4.69) is 0 Å². The Morgan fingerprint density at radius 1 is 1.30 bits per heavy atom. The summed E-state index contributed by atoms with van der Waals surface area (Å²) in [5.41, 5.74) is 2.26. The molecule has 0 fully saturated rings. The molecule has 0 amide bonds. The van der Waals surface area contributed by atoms with Crippen molar-refractivity contribution < 1.29 is 14.2 Å². The van der Waals surface area contributed by atoms with Crippen LogP contribution in [0.25, 0.3) is 0 Å². The van der Waals surface area contributed by atoms with E-state index in [1.165, 1.54) is 6.07 Å². The van der Waals surface area contributed by atoms with Crippen LogP contribution in [0.2, 0.25) is 5.02 Å². The minimum atomic E-state index is -0.802. The van der Waals surface area contributed by atoms with Gasteiger partial charge < -0.3 is 9.84 Å². The van der Waals surface area contributed by atoms with Gasteiger partial charge in [0.1, 0.15) is 11.6 Å². The summed E-state index contributed by atoms with van der Waals surface area (Å²) in [5, 5.41) is 10.4. The van der Waals surface area contributed by atoms with Crippen molar-refractivity contribution in [2.75, 3.05) is 7.11 Å². The molecule has 4 heteroatoms. The average Bonchev–Trinajstić information content (AvgIpc) is 2.43. The molecule has 0 aromatic heterocycles. The maximum Gasteiger partial charge on any atom is 0.142 e. The lowest BCUT2D eigenvalue weighted by atomic mass is 9.99. The molecule has 0 spiro atoms. The monoisotopic (exact) mass is 294 g/mol. The summed E-state index contributed by atoms with van der Waals surface area (Å²) in [6, 6.07) is 10.2. The van der Waals surface area contributed by atoms with Gasteiger partial charge in [-0.25, -0.2) is 4.39 Å². The molecule has 1 unspecified atom stereocenters. The number of halogens is 2. The first-order chi connectivity index (χ1) is 9.52. The number of hydrogen-bond donors (Lipinski definition) is 1. The minimum Gasteiger partial charge on any atom is -0.496 e. The van der Waals surface area contributed by atoms with Crippen LogP contribution in [0, 0.1) is 12.7 Å². The molecule has 0 heterocycles. The third-order valence-electron chi connectivity index (χ3n) is 3.19. The Morgan fingerprint density at radius 3 is 2.75 bits per heavy atom. The fourth-order valence-electron chi connectivity index (χ4n) is 2.14. The van der Waals surface area contributed by atoms with Crippen LogP contribution in [0.3, 0.4) is 0 Å². The van der Waals surface area contributed by atoms with E-state index in [4.69, 9.17) is 16.3 Å². The van der Waals surface area contributed by atoms with Crippen LogP contribution < -0.4 is 4.74 Å². The first-order valence-electron chi connectivity index (χ1n) is 6.28. The molecule has 20 heavy (non-hydrogen) atoms. The fourth-order valence-corrected chi connectivity index (χ4v) is 2.34. The highest BCUT2D eigenvalue weighted by molar-refractivity contribution is 6.31. The smallest absolute Gasteiger partial charge is 0.142 e. The van der Waals surface area contributed by atoms with E-state index in [0.29, 0.717) is 16.9 Å². The van der Waals surface area contributed by atoms with Gasteiger partial charge in [0.2, 0.25) is 0 Å². The third-order valence-corrected chi connectivity index (χ3v) is 3.61. The maximum atomic E-state index is 13.4. The molecule has 0 radical (unpaired) electrons. The average molecular weight is 295 g/mol. The normalized spacial score (nSPS) is 12.2. The summed E-state index contributed by atoms with van der Waals surface area (Å²) >= 11 is 5.91. The number of methoxy groups -OCH3 is 1. The lowest BCUT2D eigenvalue weighted by molar-refractivity contribution is 0.174. The van der Waals surface area contributed by atoms with Crippen molar-refractivity contribution in [1.82, 2.24) is 0 Å². The molecule has 0 aliphatic carbocycles. The Kier molecular flexibility index (Phi) is 4.63. The summed E-state index contributed by atoms with van der Waals surface area (Å²) in [7, 11) is 1.55. The van der Waals surface area contributed by atoms with E-state index in [1.54, 1.807) is 25.3 Å². The quantitative estimate of drug-likeness (QED) is 0.921. The summed E-state index contributed by atoms with van der Waals surface area (Å²) < 4.78 is 18.6. The van der Waals surface area contributed by atoms with Gasteiger partial charge in [-0.15, -0.1) is 0 Å². The van der Waals surface area contributed by atoms with Gasteiger partial charge in [0.15, 0.2) is 0 Å². The van der Waals surface area contributed by atoms with E-state index >= 15 is 0 Å². The van der Waals surface area contributed by atoms with Gasteiger partial charge in [-0.2, -0.15) is 0 Å². The lowest BCUT2D eigenvalue weighted by Crippen LogP contribution is -2.05. The first kappa shape index (κ1) is 14.8. The zero-order chi connectivity index (χ0) is 14.7. The molecule has 106 valence electrons. The topological polar surface area (TPSA) is 29.5 Å². The van der Waals surface area contributed by atoms with Gasteiger partial charge in [0.25, 0.3) is 0 Å². The molecule has 2 aromatic rings. The second kappa shape index (κ2) is 6.25. The second-order valence-corrected chi connectivity index (χ2v) is 5.06. The van der Waals surface area contributed by atoms with Crippen molar-refractivity contribution in [2.45, 2.75) is 19.4 Å². The molecule has 0 bridgehead atoms. The Morgan fingerprint density at radius 2 is 2.05 bits per heavy atom. The SMILES string of the molecule is COc1ccc(C)cc1C(O)Cc1cccc(F)c1Cl. The van der Waals surface area contributed by atoms with Crippen LogP contribution in [-0.4, -0.2) is 12.2 Å². The number of aliphatic hydroxyl groups is 1. The van der Waals surface area contributed by atoms with Crippen molar-refractivity contribution in [3.05, 3.63) is 63.9 Å². The summed E-state index contributed by atoms with van der Waals surface area (Å²) in [5.74, 6) is 0.128. The molecule has 0 saturated carbocycles. The van der Waals surface area contributed by atoms with Gasteiger partial charge in [-0.3, -0.25) is 0 Å². The molecule has 0 aliphatic rings. The molecule has 1 N–H and O–H groups in total. The third kappa shape index (κ3) is 3.11. The van der Waals surface area contributed by atoms with Crippen molar-refractivity contribution in [3.63, 3.8) is 0 Å². The molecule has 1 atom stereocenters. The highest BCUT2D eigenvalue weighted by Gasteiger charge is 2.16. The van der Waals surface area contributed by atoms with E-state index in [9.17, 15) is 9.50 Å². The Hall–Kier alpha value is -1.58. The van der Waals surface area contributed by atoms with Gasteiger partial charge in [-0.1, -0.05) is 35.4 Å². The van der Waals surface area contributed by atoms with E-state index in [1.807, 2.05) is 19.1 Å². The van der Waals surface area contributed by atoms with Gasteiger partial charge in [0.05, 0.1) is 18.2 Å². The highest BCUT2D eigenvalue weighted by Crippen LogP contribution is 2.31. The van der Waals surface area contributed by atoms with E-state index < -0.39 is 11.9 Å². The Labute approximate surface area is 122 Å². The first-order valence-corrected chi connectivity index (χ1v) is 6.66. The number of benzene rings is 2. The second-order valence-electron chi connectivity index (χ2n) is 4.68. The molecular weight excluding hydrogens is 279 g/mol. The minimum absolute atomic E-state index is 0.0539. The zero-order valence-corrected chi connectivity index (χ0v) is 12.1. The predicted octanol–water partition coefficient (Wildman–Crippen LogP) is 4.07. The standard InChI is InChI=1S/C16H16ClFO2/c1-10-6-7-15(20-2)12(8-10)14(19)9-11-4-3-5-13(18)16(11)17/h3-8,14,19H,9H2,1-2H3. The van der Waals surface area contributed by atoms with Crippen LogP contribution in [0.4, 0.5) is 4.39 Å². The fraction of sp³-hybridized carbons (Fsp3) is 0.250. The van der Waals surface area contributed by atoms with Crippen LogP contribution in [0.15, 0.2) is 36.4 Å². The molecule has 2 nitrogen and oxygen atoms in total. The number of ether oxygens (including phenoxy) is 1. The Bertz CT molecular complexity index is 613. The molecule has 0 saturated heterocycles. The highest BCUT2D eigenvalue weighted by atomic mass is 35.5. The lowest BCUT2D eigenvalue weighted by Gasteiger charge is -2.16. The predicted molar refractivity (Wildman–Crippen MR) is 77.8 cm³/mol. The van der Waals surface area contributed by atoms with Crippen molar-refractivity contribution in [1.29, 1.82) is 0 Å². The maximum absolute atomic E-state index is 13.4. The summed E-state index contributed by atoms with van der Waals surface area (Å²) in [6.45, 7) is 1.94. The molecule has 2 aromatic carbocycles. The molecular formula is C16H16ClFO2. The Balaban J connectivity index is 2.30. The van der Waals surface area contributed by atoms with Gasteiger partial charge >= 0.3 is 0 Å². The van der Waals surface area contributed by atoms with E-state index in [-0.39, 0.29) is 11.4 Å². The van der Waals surface area contributed by atoms with Gasteiger partial charge in [-0.05, 0) is 30.7 Å². The summed E-state index contributed by atoms with van der Waals surface area (Å²) in [6.07, 6.45) is -0.569. The molecule has 0 aliphatic heterocycles. The van der Waals surface area contributed by atoms with Crippen molar-refractivity contribution >= 4 is 11.6 Å². The van der Waals surface area contributed by atoms with Crippen molar-refractivity contribution in [2.24, 2.45) is 0 Å². The number of aliphatic hydroxyl groups excluding tert-OH is 1. The zero-order valence-electron chi connectivity index (χ0n) is 11.4.